The molecule has 2 N–H and O–H groups in total. The Bertz CT molecular complexity index is 5920. The first-order chi connectivity index (χ1) is 61.3. The van der Waals surface area contributed by atoms with E-state index in [0.29, 0.717) is 97.2 Å². The zero-order valence-electron chi connectivity index (χ0n) is 77.6. The average Bonchev–Trinajstić information content (AvgIpc) is 1.32. The summed E-state index contributed by atoms with van der Waals surface area (Å²) in [6.45, 7) is 31.9. The molecule has 39 nitrogen and oxygen atoms in total. The molecule has 0 spiro atoms. The number of Topliss-reactive ketones (excluding diaryl/α,β-unsaturated/α-hetero) is 2. The molecular formula is C93H119N8O31S-. The number of methoxy groups -OCH3 is 4. The van der Waals surface area contributed by atoms with Gasteiger partial charge in [-0.3, -0.25) is 42.5 Å². The maximum absolute atomic E-state index is 14.4. The summed E-state index contributed by atoms with van der Waals surface area (Å²) in [5.74, 6) is -2.77. The fourth-order valence-electron chi connectivity index (χ4n) is 13.8. The van der Waals surface area contributed by atoms with E-state index >= 15 is 0 Å². The second-order valence-electron chi connectivity index (χ2n) is 34.4. The summed E-state index contributed by atoms with van der Waals surface area (Å²) in [6, 6.07) is 9.51. The van der Waals surface area contributed by atoms with E-state index in [1.54, 1.807) is 119 Å². The largest absolute Gasteiger partial charge is 0.545 e. The highest BCUT2D eigenvalue weighted by Crippen LogP contribution is 2.44. The van der Waals surface area contributed by atoms with Gasteiger partial charge in [-0.2, -0.15) is 27.6 Å². The molecule has 4 aromatic heterocycles. The van der Waals surface area contributed by atoms with E-state index in [-0.39, 0.29) is 226 Å². The molecule has 2 aliphatic carbocycles. The zero-order chi connectivity index (χ0) is 98.1. The van der Waals surface area contributed by atoms with Crippen molar-refractivity contribution in [1.82, 2.24) is 40.6 Å². The van der Waals surface area contributed by atoms with Crippen LogP contribution in [0.25, 0.3) is 44.2 Å². The number of fused-ring (bicyclic) bond motifs is 4. The minimum atomic E-state index is -3.59. The predicted octanol–water partition coefficient (Wildman–Crippen LogP) is 10.3. The van der Waals surface area contributed by atoms with Gasteiger partial charge in [-0.1, -0.05) is 66.8 Å². The molecule has 4 aromatic carbocycles. The predicted molar refractivity (Wildman–Crippen MR) is 479 cm³/mol. The third-order valence-corrected chi connectivity index (χ3v) is 20.6. The van der Waals surface area contributed by atoms with Crippen LogP contribution in [0.5, 0.6) is 23.0 Å². The summed E-state index contributed by atoms with van der Waals surface area (Å²) in [5, 5.41) is 33.4. The van der Waals surface area contributed by atoms with Gasteiger partial charge in [-0.05, 0) is 199 Å². The van der Waals surface area contributed by atoms with Gasteiger partial charge in [0, 0.05) is 82.9 Å². The topological polar surface area (TPSA) is 519 Å². The average molecular weight is 1880 g/mol. The van der Waals surface area contributed by atoms with Crippen LogP contribution in [0.4, 0.5) is 0 Å². The Labute approximate surface area is 770 Å². The maximum atomic E-state index is 14.4. The van der Waals surface area contributed by atoms with Crippen LogP contribution >= 0.6 is 0 Å². The Morgan fingerprint density at radius 2 is 0.850 bits per heavy atom. The number of nitrogens with zero attached hydrogens (tertiary/aromatic N) is 6. The zero-order valence-corrected chi connectivity index (χ0v) is 78.4. The van der Waals surface area contributed by atoms with E-state index < -0.39 is 44.1 Å². The van der Waals surface area contributed by atoms with Gasteiger partial charge in [0.25, 0.3) is 10.1 Å². The Balaban J connectivity index is 0.000000432. The number of allylic oxidation sites excluding steroid dienone is 4. The molecule has 0 fully saturated rings. The Hall–Kier alpha value is -13.1. The Morgan fingerprint density at radius 1 is 0.511 bits per heavy atom. The minimum absolute atomic E-state index is 0. The highest BCUT2D eigenvalue weighted by molar-refractivity contribution is 7.85. The van der Waals surface area contributed by atoms with Gasteiger partial charge in [0.2, 0.25) is 22.7 Å². The number of hydrogen-bond acceptors (Lipinski definition) is 35. The van der Waals surface area contributed by atoms with E-state index in [2.05, 4.69) is 35.4 Å². The summed E-state index contributed by atoms with van der Waals surface area (Å²) in [7, 11) is 2.36. The van der Waals surface area contributed by atoms with E-state index in [1.165, 1.54) is 62.7 Å². The van der Waals surface area contributed by atoms with Crippen molar-refractivity contribution in [2.24, 2.45) is 10.8 Å². The number of amides is 2. The monoisotopic (exact) mass is 1880 g/mol. The molecule has 133 heavy (non-hydrogen) atoms. The second-order valence-corrected chi connectivity index (χ2v) is 36.1. The number of aryl methyl sites for hydroxylation is 2. The first kappa shape index (κ1) is 112. The van der Waals surface area contributed by atoms with Crippen LogP contribution in [-0.2, 0) is 135 Å². The lowest BCUT2D eigenvalue weighted by molar-refractivity contribution is -0.255. The molecule has 724 valence electrons. The minimum Gasteiger partial charge on any atom is -0.545 e. The smallest absolute Gasteiger partial charge is 0.373 e. The number of carboxylic acid groups (broad SMARTS) is 1. The Kier molecular flexibility index (Phi) is 41.7. The van der Waals surface area contributed by atoms with Crippen molar-refractivity contribution in [3.63, 3.8) is 0 Å². The van der Waals surface area contributed by atoms with Crippen LogP contribution < -0.4 is 45.5 Å². The third-order valence-electron chi connectivity index (χ3n) is 20.0. The van der Waals surface area contributed by atoms with Crippen LogP contribution in [0, 0.1) is 38.5 Å². The lowest BCUT2D eigenvalue weighted by Crippen LogP contribution is -2.45. The van der Waals surface area contributed by atoms with Gasteiger partial charge < -0.3 is 81.5 Å². The number of ketones is 2. The van der Waals surface area contributed by atoms with Crippen molar-refractivity contribution in [2.75, 3.05) is 61.9 Å². The van der Waals surface area contributed by atoms with Crippen molar-refractivity contribution in [1.29, 1.82) is 0 Å². The number of carbonyl (C=O) groups is 8. The number of aromatic carboxylic acids is 1. The van der Waals surface area contributed by atoms with Gasteiger partial charge in [-0.25, -0.2) is 14.2 Å². The van der Waals surface area contributed by atoms with E-state index in [1.807, 2.05) is 41.5 Å². The van der Waals surface area contributed by atoms with Crippen molar-refractivity contribution in [2.45, 2.75) is 228 Å². The Morgan fingerprint density at radius 3 is 1.18 bits per heavy atom. The van der Waals surface area contributed by atoms with Crippen LogP contribution in [0.15, 0.2) is 79.7 Å². The number of aromatic nitrogens is 6. The highest BCUT2D eigenvalue weighted by atomic mass is 32.2. The molecular weight excluding hydrogens is 1760 g/mol. The van der Waals surface area contributed by atoms with Crippen molar-refractivity contribution >= 4 is 114 Å². The summed E-state index contributed by atoms with van der Waals surface area (Å²) in [6.07, 6.45) is 7.92. The summed E-state index contributed by atoms with van der Waals surface area (Å²) < 4.78 is 100. The van der Waals surface area contributed by atoms with E-state index in [4.69, 9.17) is 80.1 Å². The fourth-order valence-corrected chi connectivity index (χ4v) is 14.1. The number of nitrogens with one attached hydrogen (secondary N) is 2. The number of benzene rings is 4. The number of ether oxygens (including phenoxy) is 11. The first-order valence-electron chi connectivity index (χ1n) is 40.7. The van der Waals surface area contributed by atoms with Crippen LogP contribution in [0.3, 0.4) is 0 Å². The van der Waals surface area contributed by atoms with Crippen LogP contribution in [-0.4, -0.2) is 183 Å². The van der Waals surface area contributed by atoms with Crippen LogP contribution in [0.1, 0.15) is 225 Å². The molecule has 2 atom stereocenters. The quantitative estimate of drug-likeness (QED) is 0.0167. The fraction of sp³-hybridized carbons (Fsp3) is 0.484. The van der Waals surface area contributed by atoms with Crippen molar-refractivity contribution < 1.29 is 136 Å². The van der Waals surface area contributed by atoms with Gasteiger partial charge in [-0.15, -0.1) is 10.2 Å². The molecule has 0 radical (unpaired) electrons. The highest BCUT2D eigenvalue weighted by Gasteiger charge is 2.35. The molecule has 2 amide bonds. The second kappa shape index (κ2) is 49.4. The molecule has 0 saturated heterocycles. The molecule has 0 saturated carbocycles. The van der Waals surface area contributed by atoms with Crippen molar-refractivity contribution in [3.8, 4) is 23.0 Å². The molecule has 8 aromatic rings. The normalized spacial score (nSPS) is 12.8. The molecule has 40 heteroatoms. The summed E-state index contributed by atoms with van der Waals surface area (Å²) >= 11 is 0. The first-order valence-corrected chi connectivity index (χ1v) is 42.5. The number of hydrogen-bond donors (Lipinski definition) is 2. The van der Waals surface area contributed by atoms with Gasteiger partial charge in [0.05, 0.1) is 52.1 Å². The number of carbonyl (C=O) groups excluding carboxylic acids is 12. The van der Waals surface area contributed by atoms with Crippen molar-refractivity contribution in [3.05, 3.63) is 160 Å². The molecule has 0 bridgehead atoms. The number of esters is 3. The molecule has 10 rings (SSSR count). The molecule has 0 aliphatic heterocycles. The SMILES string of the molecule is C.C.CC(C)(C)OC(=O)CC[C@H](NC(=O)Cn1cc(COS(C)(=O)=O)nn1)C(C)(C)C.COCOc1cc2c(cc1OCOC)C(C)=C(c1coc3cc(C)c(C)c(C(=O)OCc4cn(CC(=O)N[C@@H](CCC(=O)OC(C)(C)C)C(C)(C)C)nn4)c3c1=O)C(=O)C2.COCOc1cc2c(cc1OCOC)C(C)=C(c1coc3cc(C)c(C)c(C(=O)[O-])c3c1=O)C(=O)C2.O=C=O.O=C=O. The summed E-state index contributed by atoms with van der Waals surface area (Å²) in [5.41, 5.74) is 3.82. The van der Waals surface area contributed by atoms with Crippen LogP contribution in [0.2, 0.25) is 0 Å². The molecule has 4 heterocycles. The number of rotatable bonds is 33. The van der Waals surface area contributed by atoms with E-state index in [0.717, 1.165) is 6.26 Å². The molecule has 2 aliphatic rings. The van der Waals surface area contributed by atoms with Gasteiger partial charge in [0.1, 0.15) is 72.6 Å². The van der Waals surface area contributed by atoms with Gasteiger partial charge >= 0.3 is 30.2 Å². The standard InChI is InChI=1S/C44H54N4O12.C27H26O9.C18H32N4O6S.2CO2.2CH4/c1-24-14-34-40(41(52)30(21-56-34)38-26(3)29-17-33(59-23-55-11)32(58-22-54-10)16-27(29)15-31(38)49)39(25(24)2)42(53)57-20-28-18-48(47-46-28)19-36(50)45-35(43(4,5)6)12-13-37(51)60-44(7,8)9;1-13-6-22-25(24(14(13)2)27(30)31)26(29)18(10-34-22)23-15(3)17-9-21(36-12-33-5)20(35-11-32-4)8-16(17)7-19(23)28;1-17(2,3)14(8-9-16(24)28-18(4,5)6)19-15(23)11-22-10-13(20-21-22)12-27-29(7,25)26;2*2-1-3;;/h14,16-18,21,35H,12-13,15,19-20,22-23H2,1-11H3,(H,45,50);6,8-10H,7,11-12H2,1-5H3,(H,30,31);10,14H,8-9,11-12H2,1-7H3,(H,19,23);;;2*1H4/p-1/t35-;;14-;;;;/m0.0..../s1. The summed E-state index contributed by atoms with van der Waals surface area (Å²) in [4.78, 5) is 163. The van der Waals surface area contributed by atoms with Gasteiger partial charge in [0.15, 0.2) is 61.7 Å². The molecule has 0 unspecified atom stereocenters. The lowest BCUT2D eigenvalue weighted by atomic mass is 9.82. The third kappa shape index (κ3) is 31.9. The lowest BCUT2D eigenvalue weighted by Gasteiger charge is -2.31. The maximum Gasteiger partial charge on any atom is 0.373 e. The van der Waals surface area contributed by atoms with E-state index in [9.17, 15) is 61.5 Å². The number of carboxylic acids is 1.